The first kappa shape index (κ1) is 20.6. The Morgan fingerprint density at radius 2 is 1.69 bits per heavy atom. The topological polar surface area (TPSA) is 38.3 Å². The Labute approximate surface area is 162 Å². The molecule has 0 aliphatic rings. The van der Waals surface area contributed by atoms with Crippen LogP contribution in [0, 0.1) is 0 Å². The third kappa shape index (κ3) is 5.14. The zero-order chi connectivity index (χ0) is 19.7. The fraction of sp³-hybridized carbons (Fsp3) is 0.278. The maximum absolute atomic E-state index is 12.8. The molecule has 2 aromatic rings. The van der Waals surface area contributed by atoms with Gasteiger partial charge in [0.15, 0.2) is 0 Å². The van der Waals surface area contributed by atoms with Crippen molar-refractivity contribution in [3.8, 4) is 5.75 Å². The number of carbonyl (C=O) groups excluding carboxylic acids is 1. The van der Waals surface area contributed by atoms with E-state index in [0.717, 1.165) is 23.8 Å². The largest absolute Gasteiger partial charge is 0.417 e. The first-order valence-electron chi connectivity index (χ1n) is 7.53. The summed E-state index contributed by atoms with van der Waals surface area (Å²) in [5.74, 6) is 0.235. The lowest BCUT2D eigenvalue weighted by Crippen LogP contribution is -2.18. The Balaban J connectivity index is 2.17. The summed E-state index contributed by atoms with van der Waals surface area (Å²) in [5, 5.41) is 2.20. The molecule has 1 N–H and O–H groups in total. The minimum Gasteiger partial charge on any atom is -0.409 e. The molecule has 0 radical (unpaired) electrons. The highest BCUT2D eigenvalue weighted by atomic mass is 79.9. The van der Waals surface area contributed by atoms with Gasteiger partial charge in [-0.2, -0.15) is 13.2 Å². The van der Waals surface area contributed by atoms with Gasteiger partial charge in [0, 0.05) is 0 Å². The molecule has 0 aromatic heterocycles. The van der Waals surface area contributed by atoms with E-state index >= 15 is 0 Å². The van der Waals surface area contributed by atoms with Gasteiger partial charge in [-0.15, -0.1) is 0 Å². The van der Waals surface area contributed by atoms with E-state index in [1.165, 1.54) is 0 Å². The molecule has 0 bridgehead atoms. The summed E-state index contributed by atoms with van der Waals surface area (Å²) < 4.78 is 44.0. The second-order valence-corrected chi connectivity index (χ2v) is 7.86. The van der Waals surface area contributed by atoms with E-state index in [1.807, 2.05) is 32.9 Å². The van der Waals surface area contributed by atoms with Gasteiger partial charge in [0.2, 0.25) is 0 Å². The molecule has 140 valence electrons. The number of benzene rings is 2. The summed E-state index contributed by atoms with van der Waals surface area (Å²) in [7, 11) is 0. The van der Waals surface area contributed by atoms with E-state index in [2.05, 4.69) is 21.2 Å². The number of anilines is 1. The zero-order valence-corrected chi connectivity index (χ0v) is 16.5. The van der Waals surface area contributed by atoms with Crippen molar-refractivity contribution in [3.05, 3.63) is 57.0 Å². The molecule has 0 heterocycles. The molecule has 0 fully saturated rings. The second-order valence-electron chi connectivity index (χ2n) is 6.60. The van der Waals surface area contributed by atoms with Gasteiger partial charge in [-0.3, -0.25) is 5.32 Å². The molecule has 1 amide bonds. The predicted molar refractivity (Wildman–Crippen MR) is 98.9 cm³/mol. The lowest BCUT2D eigenvalue weighted by molar-refractivity contribution is -0.137. The highest BCUT2D eigenvalue weighted by Crippen LogP contribution is 2.35. The minimum absolute atomic E-state index is 0.0305. The number of hydrogen-bond donors (Lipinski definition) is 1. The molecule has 26 heavy (non-hydrogen) atoms. The average Bonchev–Trinajstić information content (AvgIpc) is 2.49. The van der Waals surface area contributed by atoms with Gasteiger partial charge >= 0.3 is 12.3 Å². The molecule has 0 aliphatic carbocycles. The molecular formula is C18H16BrClF3NO2. The van der Waals surface area contributed by atoms with Crippen LogP contribution >= 0.6 is 27.5 Å². The first-order valence-corrected chi connectivity index (χ1v) is 8.70. The van der Waals surface area contributed by atoms with Gasteiger partial charge < -0.3 is 4.74 Å². The maximum atomic E-state index is 12.8. The van der Waals surface area contributed by atoms with Crippen LogP contribution < -0.4 is 10.1 Å². The second kappa shape index (κ2) is 7.48. The van der Waals surface area contributed by atoms with Crippen molar-refractivity contribution < 1.29 is 22.7 Å². The number of carbonyl (C=O) groups is 1. The van der Waals surface area contributed by atoms with Crippen molar-refractivity contribution in [2.45, 2.75) is 32.4 Å². The van der Waals surface area contributed by atoms with Gasteiger partial charge in [-0.25, -0.2) is 4.79 Å². The predicted octanol–water partition coefficient (Wildman–Crippen LogP) is 7.03. The Morgan fingerprint density at radius 1 is 1.08 bits per heavy atom. The number of hydrogen-bond acceptors (Lipinski definition) is 2. The number of alkyl halides is 3. The van der Waals surface area contributed by atoms with E-state index in [0.29, 0.717) is 4.47 Å². The zero-order valence-electron chi connectivity index (χ0n) is 14.2. The van der Waals surface area contributed by atoms with Crippen LogP contribution in [0.4, 0.5) is 23.7 Å². The minimum atomic E-state index is -4.54. The van der Waals surface area contributed by atoms with Crippen LogP contribution in [0.3, 0.4) is 0 Å². The number of ether oxygens (including phenoxy) is 1. The molecule has 0 unspecified atom stereocenters. The molecule has 0 atom stereocenters. The van der Waals surface area contributed by atoms with E-state index < -0.39 is 17.8 Å². The van der Waals surface area contributed by atoms with E-state index in [4.69, 9.17) is 16.3 Å². The smallest absolute Gasteiger partial charge is 0.409 e. The highest BCUT2D eigenvalue weighted by Gasteiger charge is 2.31. The summed E-state index contributed by atoms with van der Waals surface area (Å²) in [6.45, 7) is 6.12. The molecule has 3 nitrogen and oxygen atoms in total. The van der Waals surface area contributed by atoms with E-state index in [1.54, 1.807) is 6.07 Å². The van der Waals surface area contributed by atoms with E-state index in [9.17, 15) is 18.0 Å². The number of halogens is 5. The van der Waals surface area contributed by atoms with Crippen molar-refractivity contribution in [3.63, 3.8) is 0 Å². The van der Waals surface area contributed by atoms with Crippen LogP contribution in [0.1, 0.15) is 31.9 Å². The third-order valence-electron chi connectivity index (χ3n) is 3.53. The Bertz CT molecular complexity index is 832. The third-order valence-corrected chi connectivity index (χ3v) is 4.48. The molecular weight excluding hydrogens is 435 g/mol. The molecule has 0 spiro atoms. The monoisotopic (exact) mass is 449 g/mol. The number of rotatable bonds is 2. The highest BCUT2D eigenvalue weighted by molar-refractivity contribution is 9.10. The lowest BCUT2D eigenvalue weighted by Gasteiger charge is -2.20. The van der Waals surface area contributed by atoms with Crippen molar-refractivity contribution in [1.29, 1.82) is 0 Å². The van der Waals surface area contributed by atoms with Crippen LogP contribution in [0.5, 0.6) is 5.75 Å². The molecule has 0 saturated carbocycles. The molecule has 2 aromatic carbocycles. The Kier molecular flexibility index (Phi) is 5.92. The van der Waals surface area contributed by atoms with Crippen LogP contribution in [-0.2, 0) is 11.6 Å². The fourth-order valence-corrected chi connectivity index (χ4v) is 2.71. The molecule has 2 rings (SSSR count). The van der Waals surface area contributed by atoms with Crippen LogP contribution in [-0.4, -0.2) is 6.09 Å². The summed E-state index contributed by atoms with van der Waals surface area (Å²) in [6.07, 6.45) is -5.49. The van der Waals surface area contributed by atoms with Gasteiger partial charge in [0.25, 0.3) is 0 Å². The van der Waals surface area contributed by atoms with Gasteiger partial charge in [0.05, 0.1) is 20.7 Å². The summed E-state index contributed by atoms with van der Waals surface area (Å²) in [5.41, 5.74) is -0.172. The molecule has 8 heteroatoms. The van der Waals surface area contributed by atoms with Crippen LogP contribution in [0.25, 0.3) is 0 Å². The number of nitrogens with one attached hydrogen (secondary N) is 1. The normalized spacial score (nSPS) is 12.0. The average molecular weight is 451 g/mol. The van der Waals surface area contributed by atoms with Gasteiger partial charge in [-0.1, -0.05) is 38.4 Å². The number of amides is 1. The Hall–Kier alpha value is -1.73. The van der Waals surface area contributed by atoms with Gasteiger partial charge in [-0.05, 0) is 57.2 Å². The maximum Gasteiger partial charge on any atom is 0.417 e. The fourth-order valence-electron chi connectivity index (χ4n) is 2.08. The van der Waals surface area contributed by atoms with Crippen LogP contribution in [0.15, 0.2) is 40.9 Å². The van der Waals surface area contributed by atoms with Crippen molar-refractivity contribution in [1.82, 2.24) is 0 Å². The van der Waals surface area contributed by atoms with Crippen molar-refractivity contribution >= 4 is 39.3 Å². The van der Waals surface area contributed by atoms with Crippen LogP contribution in [0.2, 0.25) is 5.02 Å². The lowest BCUT2D eigenvalue weighted by atomic mass is 9.87. The standard InChI is InChI=1S/C18H16BrClF3NO2/c1-17(2,3)10-5-7-15(12(19)8-10)26-16(25)24-14-9-11(18(21,22)23)4-6-13(14)20/h4-9H,1-3H3,(H,24,25). The molecule has 0 aliphatic heterocycles. The van der Waals surface area contributed by atoms with Gasteiger partial charge in [0.1, 0.15) is 5.75 Å². The SMILES string of the molecule is CC(C)(C)c1ccc(OC(=O)Nc2cc(C(F)(F)F)ccc2Cl)c(Br)c1. The Morgan fingerprint density at radius 3 is 2.23 bits per heavy atom. The molecule has 0 saturated heterocycles. The summed E-state index contributed by atoms with van der Waals surface area (Å²) >= 11 is 9.17. The quantitative estimate of drug-likeness (QED) is 0.533. The summed E-state index contributed by atoms with van der Waals surface area (Å²) in [6, 6.07) is 7.89. The summed E-state index contributed by atoms with van der Waals surface area (Å²) in [4.78, 5) is 12.0. The first-order chi connectivity index (χ1) is 11.9. The van der Waals surface area contributed by atoms with E-state index in [-0.39, 0.29) is 21.9 Å². The van der Waals surface area contributed by atoms with Crippen molar-refractivity contribution in [2.75, 3.05) is 5.32 Å². The van der Waals surface area contributed by atoms with Crippen molar-refractivity contribution in [2.24, 2.45) is 0 Å².